The van der Waals surface area contributed by atoms with Crippen LogP contribution in [0.25, 0.3) is 0 Å². The Morgan fingerprint density at radius 1 is 1.33 bits per heavy atom. The lowest BCUT2D eigenvalue weighted by atomic mass is 9.99. The lowest BCUT2D eigenvalue weighted by Crippen LogP contribution is -2.30. The van der Waals surface area contributed by atoms with Crippen LogP contribution in [-0.2, 0) is 15.6 Å². The van der Waals surface area contributed by atoms with Crippen LogP contribution in [0.4, 0.5) is 5.82 Å². The maximum absolute atomic E-state index is 12.4. The van der Waals surface area contributed by atoms with Gasteiger partial charge in [0.25, 0.3) is 0 Å². The molecule has 1 atom stereocenters. The van der Waals surface area contributed by atoms with Gasteiger partial charge in [0.15, 0.2) is 0 Å². The molecule has 2 aromatic heterocycles. The fraction of sp³-hybridized carbons (Fsp3) is 0.438. The minimum atomic E-state index is -3.44. The Morgan fingerprint density at radius 3 is 2.67 bits per heavy atom. The van der Waals surface area contributed by atoms with E-state index in [4.69, 9.17) is 0 Å². The molecule has 1 aliphatic rings. The molecule has 2 aromatic rings. The lowest BCUT2D eigenvalue weighted by molar-refractivity contribution is 0.0719. The van der Waals surface area contributed by atoms with E-state index in [-0.39, 0.29) is 11.4 Å². The number of aliphatic hydroxyl groups is 1. The summed E-state index contributed by atoms with van der Waals surface area (Å²) in [5.74, 6) is 0.533. The summed E-state index contributed by atoms with van der Waals surface area (Å²) in [6.07, 6.45) is 3.18. The second kappa shape index (κ2) is 6.79. The Kier molecular flexibility index (Phi) is 4.91. The number of aromatic nitrogens is 1. The molecule has 0 saturated carbocycles. The van der Waals surface area contributed by atoms with Crippen LogP contribution >= 0.6 is 11.3 Å². The molecule has 8 heteroatoms. The van der Waals surface area contributed by atoms with Crippen molar-refractivity contribution in [2.45, 2.75) is 30.3 Å². The number of sulfonamides is 1. The molecule has 0 bridgehead atoms. The van der Waals surface area contributed by atoms with Crippen LogP contribution in [0.1, 0.15) is 25.3 Å². The molecular weight excluding hydrogens is 346 g/mol. The van der Waals surface area contributed by atoms with Crippen molar-refractivity contribution in [2.75, 3.05) is 25.0 Å². The minimum Gasteiger partial charge on any atom is -0.384 e. The van der Waals surface area contributed by atoms with Crippen LogP contribution < -0.4 is 5.32 Å². The number of thiophene rings is 1. The highest BCUT2D eigenvalue weighted by molar-refractivity contribution is 7.89. The topological polar surface area (TPSA) is 82.5 Å². The van der Waals surface area contributed by atoms with Crippen LogP contribution in [-0.4, -0.2) is 42.4 Å². The number of nitrogens with zero attached hydrogens (tertiary/aromatic N) is 2. The van der Waals surface area contributed by atoms with Crippen LogP contribution in [0.3, 0.4) is 0 Å². The first-order valence-electron chi connectivity index (χ1n) is 7.85. The van der Waals surface area contributed by atoms with E-state index in [1.165, 1.54) is 21.8 Å². The van der Waals surface area contributed by atoms with E-state index in [0.29, 0.717) is 18.9 Å². The summed E-state index contributed by atoms with van der Waals surface area (Å²) in [5, 5.41) is 17.4. The van der Waals surface area contributed by atoms with Crippen molar-refractivity contribution in [2.24, 2.45) is 0 Å². The maximum atomic E-state index is 12.4. The van der Waals surface area contributed by atoms with E-state index >= 15 is 0 Å². The summed E-state index contributed by atoms with van der Waals surface area (Å²) in [5.41, 5.74) is -0.171. The minimum absolute atomic E-state index is 0.208. The third-order valence-electron chi connectivity index (χ3n) is 4.20. The van der Waals surface area contributed by atoms with E-state index < -0.39 is 15.6 Å². The van der Waals surface area contributed by atoms with Gasteiger partial charge in [-0.05, 0) is 54.3 Å². The molecule has 24 heavy (non-hydrogen) atoms. The van der Waals surface area contributed by atoms with Crippen LogP contribution in [0.15, 0.2) is 40.1 Å². The molecule has 0 spiro atoms. The summed E-state index contributed by atoms with van der Waals surface area (Å²) in [4.78, 5) is 4.38. The van der Waals surface area contributed by atoms with Crippen molar-refractivity contribution in [3.8, 4) is 0 Å². The van der Waals surface area contributed by atoms with Gasteiger partial charge in [0, 0.05) is 25.8 Å². The van der Waals surface area contributed by atoms with E-state index in [0.717, 1.165) is 18.4 Å². The normalized spacial score (nSPS) is 18.4. The molecule has 2 N–H and O–H groups in total. The Hall–Kier alpha value is -1.48. The third-order valence-corrected chi connectivity index (χ3v) is 6.76. The van der Waals surface area contributed by atoms with Gasteiger partial charge in [-0.3, -0.25) is 0 Å². The van der Waals surface area contributed by atoms with Crippen molar-refractivity contribution in [3.05, 3.63) is 40.7 Å². The molecule has 6 nitrogen and oxygen atoms in total. The molecule has 1 aliphatic heterocycles. The Labute approximate surface area is 146 Å². The largest absolute Gasteiger partial charge is 0.384 e. The smallest absolute Gasteiger partial charge is 0.244 e. The van der Waals surface area contributed by atoms with Gasteiger partial charge in [-0.25, -0.2) is 13.4 Å². The summed E-state index contributed by atoms with van der Waals surface area (Å²) in [6.45, 7) is 3.17. The van der Waals surface area contributed by atoms with Crippen LogP contribution in [0.5, 0.6) is 0 Å². The molecule has 1 fully saturated rings. The van der Waals surface area contributed by atoms with Crippen LogP contribution in [0, 0.1) is 0 Å². The number of pyridine rings is 1. The molecule has 1 saturated heterocycles. The lowest BCUT2D eigenvalue weighted by Gasteiger charge is -2.23. The molecule has 3 heterocycles. The summed E-state index contributed by atoms with van der Waals surface area (Å²) in [7, 11) is -3.44. The number of hydrogen-bond donors (Lipinski definition) is 2. The van der Waals surface area contributed by atoms with Gasteiger partial charge < -0.3 is 10.4 Å². The van der Waals surface area contributed by atoms with Gasteiger partial charge in [-0.15, -0.1) is 0 Å². The Bertz CT molecular complexity index is 765. The molecule has 0 aliphatic carbocycles. The quantitative estimate of drug-likeness (QED) is 0.818. The van der Waals surface area contributed by atoms with Gasteiger partial charge in [-0.1, -0.05) is 0 Å². The first kappa shape index (κ1) is 17.3. The van der Waals surface area contributed by atoms with E-state index in [2.05, 4.69) is 10.3 Å². The summed E-state index contributed by atoms with van der Waals surface area (Å²) < 4.78 is 26.4. The SMILES string of the molecule is CC(O)(CNc1ccc(S(=O)(=O)N2CCCC2)cn1)c1ccsc1. The van der Waals surface area contributed by atoms with Gasteiger partial charge in [0.1, 0.15) is 16.3 Å². The monoisotopic (exact) mass is 367 g/mol. The zero-order valence-electron chi connectivity index (χ0n) is 13.5. The second-order valence-corrected chi connectivity index (χ2v) is 8.85. The number of rotatable bonds is 6. The summed E-state index contributed by atoms with van der Waals surface area (Å²) >= 11 is 1.53. The molecule has 0 amide bonds. The molecule has 3 rings (SSSR count). The second-order valence-electron chi connectivity index (χ2n) is 6.13. The van der Waals surface area contributed by atoms with E-state index in [1.807, 2.05) is 16.8 Å². The average molecular weight is 367 g/mol. The van der Waals surface area contributed by atoms with Crippen molar-refractivity contribution >= 4 is 27.2 Å². The number of anilines is 1. The highest BCUT2D eigenvalue weighted by atomic mass is 32.2. The zero-order chi connectivity index (χ0) is 17.2. The fourth-order valence-corrected chi connectivity index (χ4v) is 4.90. The first-order valence-corrected chi connectivity index (χ1v) is 10.2. The van der Waals surface area contributed by atoms with Crippen LogP contribution in [0.2, 0.25) is 0 Å². The zero-order valence-corrected chi connectivity index (χ0v) is 15.1. The third kappa shape index (κ3) is 3.61. The molecule has 0 radical (unpaired) electrons. The average Bonchev–Trinajstić information content (AvgIpc) is 3.26. The maximum Gasteiger partial charge on any atom is 0.244 e. The fourth-order valence-electron chi connectivity index (χ4n) is 2.65. The standard InChI is InChI=1S/C16H21N3O3S2/c1-16(20,13-6-9-23-11-13)12-18-15-5-4-14(10-17-15)24(21,22)19-7-2-3-8-19/h4-6,9-11,20H,2-3,7-8,12H2,1H3,(H,17,18). The van der Waals surface area contributed by atoms with Gasteiger partial charge in [-0.2, -0.15) is 15.6 Å². The Morgan fingerprint density at radius 2 is 2.08 bits per heavy atom. The molecule has 1 unspecified atom stereocenters. The first-order chi connectivity index (χ1) is 11.4. The molecule has 0 aromatic carbocycles. The predicted molar refractivity (Wildman–Crippen MR) is 94.6 cm³/mol. The van der Waals surface area contributed by atoms with Crippen molar-refractivity contribution in [3.63, 3.8) is 0 Å². The highest BCUT2D eigenvalue weighted by Gasteiger charge is 2.27. The molecular formula is C16H21N3O3S2. The number of hydrogen-bond acceptors (Lipinski definition) is 6. The predicted octanol–water partition coefficient (Wildman–Crippen LogP) is 2.25. The Balaban J connectivity index is 1.67. The summed E-state index contributed by atoms with van der Waals surface area (Å²) in [6, 6.07) is 5.07. The molecule has 130 valence electrons. The number of nitrogens with one attached hydrogen (secondary N) is 1. The van der Waals surface area contributed by atoms with Crippen molar-refractivity contribution < 1.29 is 13.5 Å². The van der Waals surface area contributed by atoms with E-state index in [1.54, 1.807) is 19.1 Å². The van der Waals surface area contributed by atoms with Crippen molar-refractivity contribution in [1.29, 1.82) is 0 Å². The van der Waals surface area contributed by atoms with Crippen molar-refractivity contribution in [1.82, 2.24) is 9.29 Å². The highest BCUT2D eigenvalue weighted by Crippen LogP contribution is 2.24. The van der Waals surface area contributed by atoms with Gasteiger partial charge >= 0.3 is 0 Å². The van der Waals surface area contributed by atoms with E-state index in [9.17, 15) is 13.5 Å². The van der Waals surface area contributed by atoms with Gasteiger partial charge in [0.2, 0.25) is 10.0 Å². The van der Waals surface area contributed by atoms with Gasteiger partial charge in [0.05, 0.1) is 0 Å².